The number of hydrogen-bond acceptors (Lipinski definition) is 5. The topological polar surface area (TPSA) is 63.6 Å². The smallest absolute Gasteiger partial charge is 0.135 e. The molecule has 0 amide bonds. The Morgan fingerprint density at radius 3 is 2.52 bits per heavy atom. The Morgan fingerprint density at radius 2 is 1.71 bits per heavy atom. The molecule has 3 heterocycles. The van der Waals surface area contributed by atoms with E-state index < -0.39 is 0 Å². The number of hydrogen-bond donors (Lipinski definition) is 1. The molecule has 0 aromatic carbocycles. The lowest BCUT2D eigenvalue weighted by molar-refractivity contribution is 1.03. The van der Waals surface area contributed by atoms with E-state index in [0.29, 0.717) is 5.92 Å². The summed E-state index contributed by atoms with van der Waals surface area (Å²) in [4.78, 5) is 17.2. The van der Waals surface area contributed by atoms with E-state index in [2.05, 4.69) is 31.3 Å². The zero-order chi connectivity index (χ0) is 14.2. The van der Waals surface area contributed by atoms with Gasteiger partial charge in [0.25, 0.3) is 0 Å². The van der Waals surface area contributed by atoms with Crippen LogP contribution in [0.5, 0.6) is 0 Å². The van der Waals surface area contributed by atoms with Crippen molar-refractivity contribution in [1.29, 1.82) is 0 Å². The van der Waals surface area contributed by atoms with Gasteiger partial charge in [0.2, 0.25) is 0 Å². The maximum absolute atomic E-state index is 4.51. The predicted octanol–water partition coefficient (Wildman–Crippen LogP) is 3.35. The van der Waals surface area contributed by atoms with Crippen molar-refractivity contribution in [3.05, 3.63) is 48.3 Å². The Morgan fingerprint density at radius 1 is 0.905 bits per heavy atom. The van der Waals surface area contributed by atoms with Crippen LogP contribution in [0.4, 0.5) is 11.6 Å². The summed E-state index contributed by atoms with van der Waals surface area (Å²) in [5.74, 6) is 2.20. The lowest BCUT2D eigenvalue weighted by atomic mass is 10.1. The lowest BCUT2D eigenvalue weighted by Crippen LogP contribution is -1.97. The molecule has 1 aliphatic carbocycles. The highest BCUT2D eigenvalue weighted by molar-refractivity contribution is 5.84. The monoisotopic (exact) mass is 277 g/mol. The van der Waals surface area contributed by atoms with Gasteiger partial charge in [-0.3, -0.25) is 4.98 Å². The molecule has 0 bridgehead atoms. The van der Waals surface area contributed by atoms with Crippen molar-refractivity contribution in [3.63, 3.8) is 0 Å². The van der Waals surface area contributed by atoms with Crippen LogP contribution in [0.1, 0.15) is 30.1 Å². The highest BCUT2D eigenvalue weighted by Crippen LogP contribution is 2.39. The van der Waals surface area contributed by atoms with Crippen LogP contribution >= 0.6 is 0 Å². The Labute approximate surface area is 122 Å². The maximum Gasteiger partial charge on any atom is 0.135 e. The summed E-state index contributed by atoms with van der Waals surface area (Å²) in [6.07, 6.45) is 7.82. The van der Waals surface area contributed by atoms with Crippen molar-refractivity contribution in [2.75, 3.05) is 5.32 Å². The van der Waals surface area contributed by atoms with Crippen LogP contribution in [0.25, 0.3) is 10.8 Å². The highest BCUT2D eigenvalue weighted by atomic mass is 15.1. The first-order valence-electron chi connectivity index (χ1n) is 7.09. The van der Waals surface area contributed by atoms with Crippen LogP contribution in [0.3, 0.4) is 0 Å². The molecule has 21 heavy (non-hydrogen) atoms. The number of pyridine rings is 2. The zero-order valence-corrected chi connectivity index (χ0v) is 11.7. The normalized spacial score (nSPS) is 14.3. The van der Waals surface area contributed by atoms with Crippen LogP contribution in [-0.4, -0.2) is 19.9 Å². The molecule has 0 atom stereocenters. The molecule has 1 saturated carbocycles. The average Bonchev–Trinajstić information content (AvgIpc) is 3.31. The molecular formula is C16H15N5. The van der Waals surface area contributed by atoms with Crippen molar-refractivity contribution in [1.82, 2.24) is 19.9 Å². The molecule has 3 aromatic rings. The molecule has 0 saturated heterocycles. The second-order valence-corrected chi connectivity index (χ2v) is 5.47. The third kappa shape index (κ3) is 2.54. The summed E-state index contributed by atoms with van der Waals surface area (Å²) in [5, 5.41) is 5.44. The van der Waals surface area contributed by atoms with Gasteiger partial charge in [-0.1, -0.05) is 0 Å². The molecule has 1 fully saturated rings. The molecule has 5 nitrogen and oxygen atoms in total. The molecule has 0 radical (unpaired) electrons. The summed E-state index contributed by atoms with van der Waals surface area (Å²) in [6, 6.07) is 6.11. The van der Waals surface area contributed by atoms with E-state index in [0.717, 1.165) is 28.1 Å². The van der Waals surface area contributed by atoms with Crippen molar-refractivity contribution < 1.29 is 0 Å². The quantitative estimate of drug-likeness (QED) is 0.795. The number of nitrogens with one attached hydrogen (secondary N) is 1. The van der Waals surface area contributed by atoms with Gasteiger partial charge in [-0.15, -0.1) is 0 Å². The number of anilines is 2. The maximum atomic E-state index is 4.51. The Kier molecular flexibility index (Phi) is 2.77. The summed E-state index contributed by atoms with van der Waals surface area (Å²) in [7, 11) is 0. The fourth-order valence-corrected chi connectivity index (χ4v) is 2.38. The fraction of sp³-hybridized carbons (Fsp3) is 0.250. The number of rotatable bonds is 3. The van der Waals surface area contributed by atoms with Crippen LogP contribution in [-0.2, 0) is 0 Å². The standard InChI is InChI=1S/C16H15N5/c1-10-4-15(20-9-19-10)21-16-6-12-5-14(11-2-3-11)17-7-13(12)8-18-16/h4-9,11H,2-3H2,1H3,(H,18,19,20,21). The Balaban J connectivity index is 1.68. The largest absolute Gasteiger partial charge is 0.325 e. The SMILES string of the molecule is Cc1cc(Nc2cc3cc(C4CC4)ncc3cn2)ncn1. The van der Waals surface area contributed by atoms with E-state index in [4.69, 9.17) is 0 Å². The predicted molar refractivity (Wildman–Crippen MR) is 81.6 cm³/mol. The molecule has 0 spiro atoms. The van der Waals surface area contributed by atoms with Gasteiger partial charge >= 0.3 is 0 Å². The fourth-order valence-electron chi connectivity index (χ4n) is 2.38. The van der Waals surface area contributed by atoms with Gasteiger partial charge in [0, 0.05) is 41.2 Å². The van der Waals surface area contributed by atoms with Crippen molar-refractivity contribution >= 4 is 22.4 Å². The van der Waals surface area contributed by atoms with E-state index >= 15 is 0 Å². The highest BCUT2D eigenvalue weighted by Gasteiger charge is 2.24. The van der Waals surface area contributed by atoms with E-state index in [-0.39, 0.29) is 0 Å². The summed E-state index contributed by atoms with van der Waals surface area (Å²) in [5.41, 5.74) is 2.12. The molecule has 5 heteroatoms. The van der Waals surface area contributed by atoms with Gasteiger partial charge in [0.1, 0.15) is 18.0 Å². The molecule has 104 valence electrons. The second kappa shape index (κ2) is 4.77. The first-order valence-corrected chi connectivity index (χ1v) is 7.09. The zero-order valence-electron chi connectivity index (χ0n) is 11.7. The lowest BCUT2D eigenvalue weighted by Gasteiger charge is -2.07. The van der Waals surface area contributed by atoms with E-state index in [1.54, 1.807) is 6.33 Å². The molecular weight excluding hydrogens is 262 g/mol. The molecule has 4 rings (SSSR count). The van der Waals surface area contributed by atoms with Gasteiger partial charge in [-0.25, -0.2) is 15.0 Å². The van der Waals surface area contributed by atoms with Crippen LogP contribution in [0.2, 0.25) is 0 Å². The average molecular weight is 277 g/mol. The van der Waals surface area contributed by atoms with E-state index in [1.165, 1.54) is 18.5 Å². The third-order valence-corrected chi connectivity index (χ3v) is 3.68. The van der Waals surface area contributed by atoms with Crippen LogP contribution in [0, 0.1) is 6.92 Å². The Hall–Kier alpha value is -2.56. The number of aryl methyl sites for hydroxylation is 1. The van der Waals surface area contributed by atoms with Crippen molar-refractivity contribution in [2.45, 2.75) is 25.7 Å². The van der Waals surface area contributed by atoms with Gasteiger partial charge in [0.05, 0.1) is 0 Å². The minimum absolute atomic E-state index is 0.656. The second-order valence-electron chi connectivity index (χ2n) is 5.47. The summed E-state index contributed by atoms with van der Waals surface area (Å²) in [6.45, 7) is 1.94. The minimum Gasteiger partial charge on any atom is -0.325 e. The third-order valence-electron chi connectivity index (χ3n) is 3.68. The minimum atomic E-state index is 0.656. The number of fused-ring (bicyclic) bond motifs is 1. The molecule has 0 unspecified atom stereocenters. The van der Waals surface area contributed by atoms with Crippen LogP contribution in [0.15, 0.2) is 36.9 Å². The van der Waals surface area contributed by atoms with Crippen molar-refractivity contribution in [2.24, 2.45) is 0 Å². The van der Waals surface area contributed by atoms with Crippen molar-refractivity contribution in [3.8, 4) is 0 Å². The Bertz CT molecular complexity index is 811. The number of aromatic nitrogens is 4. The van der Waals surface area contributed by atoms with E-state index in [1.807, 2.05) is 31.5 Å². The van der Waals surface area contributed by atoms with Crippen LogP contribution < -0.4 is 5.32 Å². The van der Waals surface area contributed by atoms with Gasteiger partial charge < -0.3 is 5.32 Å². The first kappa shape index (κ1) is 12.2. The molecule has 3 aromatic heterocycles. The van der Waals surface area contributed by atoms with Gasteiger partial charge in [0.15, 0.2) is 0 Å². The number of nitrogens with zero attached hydrogens (tertiary/aromatic N) is 4. The first-order chi connectivity index (χ1) is 10.3. The summed E-state index contributed by atoms with van der Waals surface area (Å²) >= 11 is 0. The van der Waals surface area contributed by atoms with Gasteiger partial charge in [-0.2, -0.15) is 0 Å². The molecule has 1 aliphatic rings. The molecule has 1 N–H and O–H groups in total. The molecule has 0 aliphatic heterocycles. The summed E-state index contributed by atoms with van der Waals surface area (Å²) < 4.78 is 0. The van der Waals surface area contributed by atoms with Gasteiger partial charge in [-0.05, 0) is 37.3 Å². The van der Waals surface area contributed by atoms with E-state index in [9.17, 15) is 0 Å².